The van der Waals surface area contributed by atoms with Crippen LogP contribution in [0.4, 0.5) is 11.8 Å². The van der Waals surface area contributed by atoms with Gasteiger partial charge in [0.25, 0.3) is 0 Å². The van der Waals surface area contributed by atoms with E-state index in [2.05, 4.69) is 21.3 Å². The summed E-state index contributed by atoms with van der Waals surface area (Å²) in [6, 6.07) is 0. The third-order valence-electron chi connectivity index (χ3n) is 5.38. The SMILES string of the molecule is CCn1c(N2CCN(C)C(=O)C2)nc2c(N3CCCCC3)nc(C)nc21. The van der Waals surface area contributed by atoms with Gasteiger partial charge in [-0.2, -0.15) is 0 Å². The summed E-state index contributed by atoms with van der Waals surface area (Å²) in [6.07, 6.45) is 3.67. The number of aromatic nitrogens is 4. The number of nitrogens with zero attached hydrogens (tertiary/aromatic N) is 7. The summed E-state index contributed by atoms with van der Waals surface area (Å²) in [6.45, 7) is 8.72. The summed E-state index contributed by atoms with van der Waals surface area (Å²) in [5.74, 6) is 2.68. The summed E-state index contributed by atoms with van der Waals surface area (Å²) in [5.41, 5.74) is 1.74. The predicted molar refractivity (Wildman–Crippen MR) is 102 cm³/mol. The van der Waals surface area contributed by atoms with Gasteiger partial charge in [-0.1, -0.05) is 0 Å². The standard InChI is InChI=1S/C18H27N7O/c1-4-25-17-15(21-18(25)24-11-10-22(3)14(26)12-24)16(19-13(2)20-17)23-8-6-5-7-9-23/h4-12H2,1-3H3. The molecule has 0 bridgehead atoms. The predicted octanol–water partition coefficient (Wildman–Crippen LogP) is 1.42. The number of piperazine rings is 1. The molecular weight excluding hydrogens is 330 g/mol. The number of carbonyl (C=O) groups excluding carboxylic acids is 1. The summed E-state index contributed by atoms with van der Waals surface area (Å²) in [7, 11) is 1.85. The molecule has 2 aliphatic rings. The molecule has 0 saturated carbocycles. The molecule has 8 nitrogen and oxygen atoms in total. The third-order valence-corrected chi connectivity index (χ3v) is 5.38. The molecule has 0 N–H and O–H groups in total. The maximum Gasteiger partial charge on any atom is 0.242 e. The first-order valence-corrected chi connectivity index (χ1v) is 9.57. The number of aryl methyl sites for hydroxylation is 2. The fourth-order valence-corrected chi connectivity index (χ4v) is 3.87. The van der Waals surface area contributed by atoms with E-state index in [0.717, 1.165) is 61.5 Å². The van der Waals surface area contributed by atoms with Crippen LogP contribution in [-0.2, 0) is 11.3 Å². The molecule has 2 saturated heterocycles. The second-order valence-electron chi connectivity index (χ2n) is 7.21. The Morgan fingerprint density at radius 3 is 2.42 bits per heavy atom. The molecule has 8 heteroatoms. The number of fused-ring (bicyclic) bond motifs is 1. The van der Waals surface area contributed by atoms with E-state index in [1.54, 1.807) is 4.90 Å². The molecule has 1 amide bonds. The Labute approximate surface area is 153 Å². The Morgan fingerprint density at radius 1 is 0.962 bits per heavy atom. The molecule has 0 radical (unpaired) electrons. The van der Waals surface area contributed by atoms with Crippen molar-refractivity contribution in [2.75, 3.05) is 49.6 Å². The number of piperidine rings is 1. The van der Waals surface area contributed by atoms with Gasteiger partial charge in [-0.15, -0.1) is 0 Å². The Morgan fingerprint density at radius 2 is 1.73 bits per heavy atom. The second-order valence-corrected chi connectivity index (χ2v) is 7.21. The van der Waals surface area contributed by atoms with Crippen molar-refractivity contribution in [3.63, 3.8) is 0 Å². The van der Waals surface area contributed by atoms with Crippen LogP contribution in [0.15, 0.2) is 0 Å². The largest absolute Gasteiger partial charge is 0.355 e. The van der Waals surface area contributed by atoms with Gasteiger partial charge in [0, 0.05) is 39.8 Å². The Bertz CT molecular complexity index is 825. The molecule has 0 unspecified atom stereocenters. The van der Waals surface area contributed by atoms with E-state index in [1.165, 1.54) is 19.3 Å². The van der Waals surface area contributed by atoms with Crippen molar-refractivity contribution in [3.8, 4) is 0 Å². The zero-order valence-electron chi connectivity index (χ0n) is 15.9. The van der Waals surface area contributed by atoms with Gasteiger partial charge in [0.1, 0.15) is 5.82 Å². The molecule has 2 aromatic heterocycles. The molecule has 4 rings (SSSR count). The molecule has 0 aromatic carbocycles. The van der Waals surface area contributed by atoms with Gasteiger partial charge >= 0.3 is 0 Å². The van der Waals surface area contributed by atoms with Crippen LogP contribution in [0.1, 0.15) is 32.0 Å². The van der Waals surface area contributed by atoms with Crippen LogP contribution in [0.5, 0.6) is 0 Å². The lowest BCUT2D eigenvalue weighted by atomic mass is 10.1. The summed E-state index contributed by atoms with van der Waals surface area (Å²) >= 11 is 0. The van der Waals surface area contributed by atoms with Gasteiger partial charge in [-0.3, -0.25) is 9.36 Å². The zero-order chi connectivity index (χ0) is 18.3. The number of hydrogen-bond donors (Lipinski definition) is 0. The van der Waals surface area contributed by atoms with Gasteiger partial charge in [0.05, 0.1) is 6.54 Å². The van der Waals surface area contributed by atoms with Crippen LogP contribution >= 0.6 is 0 Å². The van der Waals surface area contributed by atoms with Crippen LogP contribution in [0.25, 0.3) is 11.2 Å². The van der Waals surface area contributed by atoms with Crippen molar-refractivity contribution in [3.05, 3.63) is 5.82 Å². The second kappa shape index (κ2) is 6.74. The number of likely N-dealkylation sites (N-methyl/N-ethyl adjacent to an activating group) is 1. The van der Waals surface area contributed by atoms with Gasteiger partial charge in [0.15, 0.2) is 17.0 Å². The Kier molecular flexibility index (Phi) is 4.42. The topological polar surface area (TPSA) is 70.4 Å². The lowest BCUT2D eigenvalue weighted by Crippen LogP contribution is -2.49. The fourth-order valence-electron chi connectivity index (χ4n) is 3.87. The molecule has 2 aliphatic heterocycles. The van der Waals surface area contributed by atoms with Crippen LogP contribution in [0.3, 0.4) is 0 Å². The molecule has 140 valence electrons. The molecule has 0 spiro atoms. The van der Waals surface area contributed by atoms with Crippen LogP contribution in [0.2, 0.25) is 0 Å². The normalized spacial score (nSPS) is 18.9. The highest BCUT2D eigenvalue weighted by Gasteiger charge is 2.28. The number of rotatable bonds is 3. The van der Waals surface area contributed by atoms with Crippen molar-refractivity contribution in [2.24, 2.45) is 0 Å². The van der Waals surface area contributed by atoms with E-state index in [0.29, 0.717) is 6.54 Å². The maximum atomic E-state index is 12.2. The first-order valence-electron chi connectivity index (χ1n) is 9.57. The minimum absolute atomic E-state index is 0.129. The summed E-state index contributed by atoms with van der Waals surface area (Å²) < 4.78 is 2.12. The smallest absolute Gasteiger partial charge is 0.242 e. The lowest BCUT2D eigenvalue weighted by Gasteiger charge is -2.32. The zero-order valence-corrected chi connectivity index (χ0v) is 15.9. The average molecular weight is 357 g/mol. The minimum Gasteiger partial charge on any atom is -0.355 e. The van der Waals surface area contributed by atoms with Crippen LogP contribution in [-0.4, -0.2) is 70.1 Å². The molecule has 4 heterocycles. The van der Waals surface area contributed by atoms with Crippen molar-refractivity contribution in [1.29, 1.82) is 0 Å². The first kappa shape index (κ1) is 17.1. The molecule has 26 heavy (non-hydrogen) atoms. The van der Waals surface area contributed by atoms with E-state index in [1.807, 2.05) is 14.0 Å². The highest BCUT2D eigenvalue weighted by molar-refractivity contribution is 5.88. The van der Waals surface area contributed by atoms with E-state index >= 15 is 0 Å². The fraction of sp³-hybridized carbons (Fsp3) is 0.667. The Hall–Kier alpha value is -2.38. The van der Waals surface area contributed by atoms with Gasteiger partial charge in [0.2, 0.25) is 11.9 Å². The van der Waals surface area contributed by atoms with Gasteiger partial charge in [-0.05, 0) is 33.1 Å². The first-order chi connectivity index (χ1) is 12.6. The lowest BCUT2D eigenvalue weighted by molar-refractivity contribution is -0.129. The van der Waals surface area contributed by atoms with Crippen molar-refractivity contribution >= 4 is 28.8 Å². The molecule has 0 atom stereocenters. The highest BCUT2D eigenvalue weighted by atomic mass is 16.2. The number of anilines is 2. The number of hydrogen-bond acceptors (Lipinski definition) is 6. The van der Waals surface area contributed by atoms with Crippen molar-refractivity contribution in [2.45, 2.75) is 39.7 Å². The van der Waals surface area contributed by atoms with E-state index < -0.39 is 0 Å². The minimum atomic E-state index is 0.129. The van der Waals surface area contributed by atoms with Gasteiger partial charge in [-0.25, -0.2) is 15.0 Å². The number of carbonyl (C=O) groups is 1. The summed E-state index contributed by atoms with van der Waals surface area (Å²) in [4.78, 5) is 32.7. The van der Waals surface area contributed by atoms with Crippen LogP contribution < -0.4 is 9.80 Å². The van der Waals surface area contributed by atoms with E-state index in [9.17, 15) is 4.79 Å². The highest BCUT2D eigenvalue weighted by Crippen LogP contribution is 2.30. The van der Waals surface area contributed by atoms with Gasteiger partial charge < -0.3 is 14.7 Å². The van der Waals surface area contributed by atoms with Crippen molar-refractivity contribution < 1.29 is 4.79 Å². The molecule has 0 aliphatic carbocycles. The number of imidazole rings is 1. The Balaban J connectivity index is 1.80. The van der Waals surface area contributed by atoms with Crippen LogP contribution in [0, 0.1) is 6.92 Å². The van der Waals surface area contributed by atoms with E-state index in [4.69, 9.17) is 15.0 Å². The van der Waals surface area contributed by atoms with Crippen molar-refractivity contribution in [1.82, 2.24) is 24.4 Å². The monoisotopic (exact) mass is 357 g/mol. The number of amides is 1. The quantitative estimate of drug-likeness (QED) is 0.827. The maximum absolute atomic E-state index is 12.2. The molecule has 2 aromatic rings. The summed E-state index contributed by atoms with van der Waals surface area (Å²) in [5, 5.41) is 0. The average Bonchev–Trinajstić information content (AvgIpc) is 3.02. The van der Waals surface area contributed by atoms with E-state index in [-0.39, 0.29) is 5.91 Å². The molecule has 2 fully saturated rings. The molecular formula is C18H27N7O. The third kappa shape index (κ3) is 2.87.